The van der Waals surface area contributed by atoms with Crippen molar-refractivity contribution in [3.05, 3.63) is 48.3 Å². The Morgan fingerprint density at radius 1 is 1.22 bits per heavy atom. The van der Waals surface area contributed by atoms with Gasteiger partial charge in [0.2, 0.25) is 0 Å². The second-order valence-corrected chi connectivity index (χ2v) is 6.26. The van der Waals surface area contributed by atoms with E-state index in [1.54, 1.807) is 30.2 Å². The number of hydrogen-bond acceptors (Lipinski definition) is 5. The third-order valence-electron chi connectivity index (χ3n) is 3.66. The summed E-state index contributed by atoms with van der Waals surface area (Å²) in [6, 6.07) is 5.06. The average molecular weight is 375 g/mol. The van der Waals surface area contributed by atoms with Crippen molar-refractivity contribution >= 4 is 41.7 Å². The molecule has 2 N–H and O–H groups in total. The lowest BCUT2D eigenvalue weighted by molar-refractivity contribution is 0.481. The molecule has 0 bridgehead atoms. The van der Waals surface area contributed by atoms with E-state index in [2.05, 4.69) is 15.0 Å². The summed E-state index contributed by atoms with van der Waals surface area (Å²) >= 11 is 1.55. The van der Waals surface area contributed by atoms with E-state index in [4.69, 9.17) is 5.73 Å². The van der Waals surface area contributed by atoms with Gasteiger partial charge in [0, 0.05) is 29.3 Å². The molecule has 23 heavy (non-hydrogen) atoms. The summed E-state index contributed by atoms with van der Waals surface area (Å²) in [6.45, 7) is 2.03. The molecule has 0 fully saturated rings. The molecule has 0 saturated carbocycles. The Bertz CT molecular complexity index is 699. The topological polar surface area (TPSA) is 64.2 Å². The number of nitrogens with two attached hydrogens (primary N) is 1. The van der Waals surface area contributed by atoms with Crippen LogP contribution in [0.4, 0.5) is 4.39 Å². The molecular weight excluding hydrogens is 358 g/mol. The summed E-state index contributed by atoms with van der Waals surface area (Å²) in [5.74, 6) is 0.617. The summed E-state index contributed by atoms with van der Waals surface area (Å²) < 4.78 is 14.1. The highest BCUT2D eigenvalue weighted by molar-refractivity contribution is 8.13. The van der Waals surface area contributed by atoms with Crippen LogP contribution in [0.15, 0.2) is 41.9 Å². The summed E-state index contributed by atoms with van der Waals surface area (Å²) in [6.07, 6.45) is 5.50. The van der Waals surface area contributed by atoms with Gasteiger partial charge in [-0.25, -0.2) is 14.4 Å². The van der Waals surface area contributed by atoms with E-state index in [0.29, 0.717) is 16.3 Å². The average Bonchev–Trinajstić information content (AvgIpc) is 2.48. The fourth-order valence-corrected chi connectivity index (χ4v) is 3.39. The van der Waals surface area contributed by atoms with Crippen molar-refractivity contribution < 1.29 is 4.39 Å². The van der Waals surface area contributed by atoms with Gasteiger partial charge < -0.3 is 5.73 Å². The minimum atomic E-state index is -0.409. The van der Waals surface area contributed by atoms with Gasteiger partial charge in [0.15, 0.2) is 5.17 Å². The van der Waals surface area contributed by atoms with Gasteiger partial charge >= 0.3 is 0 Å². The number of halogens is 3. The third-order valence-corrected chi connectivity index (χ3v) is 4.45. The normalized spacial score (nSPS) is 20.0. The van der Waals surface area contributed by atoms with Gasteiger partial charge in [0.25, 0.3) is 0 Å². The first-order chi connectivity index (χ1) is 10.1. The monoisotopic (exact) mass is 374 g/mol. The Kier molecular flexibility index (Phi) is 6.80. The van der Waals surface area contributed by atoms with E-state index in [9.17, 15) is 4.39 Å². The number of benzene rings is 1. The van der Waals surface area contributed by atoms with E-state index in [0.717, 1.165) is 17.7 Å². The summed E-state index contributed by atoms with van der Waals surface area (Å²) in [5, 5.41) is 0.581. The van der Waals surface area contributed by atoms with Crippen LogP contribution in [0.3, 0.4) is 0 Å². The van der Waals surface area contributed by atoms with E-state index < -0.39 is 5.54 Å². The lowest BCUT2D eigenvalue weighted by Gasteiger charge is -2.30. The van der Waals surface area contributed by atoms with Crippen molar-refractivity contribution in [2.45, 2.75) is 18.9 Å². The van der Waals surface area contributed by atoms with Crippen molar-refractivity contribution in [3.8, 4) is 11.1 Å². The Hall–Kier alpha value is -1.37. The molecule has 8 heteroatoms. The standard InChI is InChI=1S/C15H15FN4S.2ClH/c1-15(4-5-21-14(17)20-15)11-2-3-13(16)12(6-11)10-7-18-9-19-8-10;;/h2-3,6-9H,4-5H2,1H3,(H2,17,20);2*1H/t15-;;/m0../s1. The maximum Gasteiger partial charge on any atom is 0.154 e. The number of rotatable bonds is 2. The molecule has 3 rings (SSSR count). The molecule has 2 heterocycles. The van der Waals surface area contributed by atoms with Crippen LogP contribution in [0.5, 0.6) is 0 Å². The van der Waals surface area contributed by atoms with Crippen molar-refractivity contribution in [2.24, 2.45) is 10.7 Å². The van der Waals surface area contributed by atoms with E-state index in [1.807, 2.05) is 13.0 Å². The molecule has 0 amide bonds. The highest BCUT2D eigenvalue weighted by Gasteiger charge is 2.30. The second kappa shape index (κ2) is 7.95. The molecule has 0 spiro atoms. The molecule has 0 saturated heterocycles. The quantitative estimate of drug-likeness (QED) is 0.868. The van der Waals surface area contributed by atoms with Gasteiger partial charge in [0.1, 0.15) is 12.1 Å². The number of amidine groups is 1. The number of aromatic nitrogens is 2. The fourth-order valence-electron chi connectivity index (χ4n) is 2.41. The fraction of sp³-hybridized carbons (Fsp3) is 0.267. The predicted molar refractivity (Wildman–Crippen MR) is 98.0 cm³/mol. The van der Waals surface area contributed by atoms with Gasteiger partial charge in [-0.05, 0) is 31.0 Å². The zero-order valence-electron chi connectivity index (χ0n) is 12.4. The van der Waals surface area contributed by atoms with E-state index in [1.165, 1.54) is 12.4 Å². The SMILES string of the molecule is C[C@@]1(c2ccc(F)c(-c3cncnc3)c2)CCSC(N)=N1.Cl.Cl. The molecule has 0 radical (unpaired) electrons. The highest BCUT2D eigenvalue weighted by Crippen LogP contribution is 2.37. The molecule has 1 aliphatic heterocycles. The van der Waals surface area contributed by atoms with Gasteiger partial charge in [0.05, 0.1) is 5.54 Å². The Balaban J connectivity index is 0.00000132. The molecule has 124 valence electrons. The van der Waals surface area contributed by atoms with Gasteiger partial charge in [-0.15, -0.1) is 24.8 Å². The van der Waals surface area contributed by atoms with Crippen LogP contribution in [-0.2, 0) is 5.54 Å². The van der Waals surface area contributed by atoms with Gasteiger partial charge in [-0.2, -0.15) is 0 Å². The summed E-state index contributed by atoms with van der Waals surface area (Å²) in [5.41, 5.74) is 7.53. The third kappa shape index (κ3) is 4.13. The zero-order chi connectivity index (χ0) is 14.9. The van der Waals surface area contributed by atoms with Crippen molar-refractivity contribution in [3.63, 3.8) is 0 Å². The molecule has 1 aromatic carbocycles. The molecule has 0 unspecified atom stereocenters. The molecule has 4 nitrogen and oxygen atoms in total. The minimum Gasteiger partial charge on any atom is -0.379 e. The van der Waals surface area contributed by atoms with Crippen LogP contribution in [0, 0.1) is 5.82 Å². The number of aliphatic imine (C=N–C) groups is 1. The molecule has 1 aromatic heterocycles. The van der Waals surface area contributed by atoms with Crippen molar-refractivity contribution in [2.75, 3.05) is 5.75 Å². The molecule has 0 aliphatic carbocycles. The maximum absolute atomic E-state index is 14.1. The van der Waals surface area contributed by atoms with Crippen LogP contribution in [-0.4, -0.2) is 20.9 Å². The number of nitrogens with zero attached hydrogens (tertiary/aromatic N) is 3. The van der Waals surface area contributed by atoms with Crippen LogP contribution in [0.25, 0.3) is 11.1 Å². The van der Waals surface area contributed by atoms with Gasteiger partial charge in [-0.3, -0.25) is 4.99 Å². The first-order valence-electron chi connectivity index (χ1n) is 6.62. The smallest absolute Gasteiger partial charge is 0.154 e. The molecule has 1 atom stereocenters. The highest BCUT2D eigenvalue weighted by atomic mass is 35.5. The minimum absolute atomic E-state index is 0. The van der Waals surface area contributed by atoms with Crippen LogP contribution < -0.4 is 5.73 Å². The van der Waals surface area contributed by atoms with Crippen molar-refractivity contribution in [1.29, 1.82) is 0 Å². The Morgan fingerprint density at radius 2 is 1.91 bits per heavy atom. The lowest BCUT2D eigenvalue weighted by Crippen LogP contribution is -2.28. The lowest BCUT2D eigenvalue weighted by atomic mass is 9.88. The zero-order valence-corrected chi connectivity index (χ0v) is 14.8. The number of hydrogen-bond donors (Lipinski definition) is 1. The second-order valence-electron chi connectivity index (χ2n) is 5.14. The van der Waals surface area contributed by atoms with E-state index in [-0.39, 0.29) is 30.6 Å². The molecule has 1 aliphatic rings. The number of thioether (sulfide) groups is 1. The van der Waals surface area contributed by atoms with Crippen LogP contribution in [0.1, 0.15) is 18.9 Å². The van der Waals surface area contributed by atoms with Gasteiger partial charge in [-0.1, -0.05) is 17.8 Å². The van der Waals surface area contributed by atoms with Crippen molar-refractivity contribution in [1.82, 2.24) is 9.97 Å². The van der Waals surface area contributed by atoms with Crippen LogP contribution in [0.2, 0.25) is 0 Å². The Labute approximate surface area is 151 Å². The largest absolute Gasteiger partial charge is 0.379 e. The predicted octanol–water partition coefficient (Wildman–Crippen LogP) is 3.79. The maximum atomic E-state index is 14.1. The molecule has 2 aromatic rings. The molecular formula is C15H17Cl2FN4S. The Morgan fingerprint density at radius 3 is 2.57 bits per heavy atom. The first kappa shape index (κ1) is 19.7. The van der Waals surface area contributed by atoms with Crippen LogP contribution >= 0.6 is 36.6 Å². The summed E-state index contributed by atoms with van der Waals surface area (Å²) in [4.78, 5) is 12.4. The summed E-state index contributed by atoms with van der Waals surface area (Å²) in [7, 11) is 0. The van der Waals surface area contributed by atoms with E-state index >= 15 is 0 Å². The first-order valence-corrected chi connectivity index (χ1v) is 7.61.